The molecule has 2 fully saturated rings. The minimum absolute atomic E-state index is 0.0974. The van der Waals surface area contributed by atoms with E-state index in [2.05, 4.69) is 4.98 Å². The van der Waals surface area contributed by atoms with Crippen LogP contribution in [0.15, 0.2) is 23.1 Å². The summed E-state index contributed by atoms with van der Waals surface area (Å²) < 4.78 is 0. The van der Waals surface area contributed by atoms with Crippen molar-refractivity contribution in [3.05, 3.63) is 34.2 Å². The van der Waals surface area contributed by atoms with Gasteiger partial charge in [-0.15, -0.1) is 0 Å². The Balaban J connectivity index is 1.59. The van der Waals surface area contributed by atoms with E-state index in [0.29, 0.717) is 31.7 Å². The molecule has 0 atom stereocenters. The minimum Gasteiger partial charge on any atom is -0.339 e. The van der Waals surface area contributed by atoms with E-state index in [9.17, 15) is 14.4 Å². The van der Waals surface area contributed by atoms with Crippen LogP contribution in [0, 0.1) is 5.92 Å². The molecule has 0 bridgehead atoms. The predicted molar refractivity (Wildman–Crippen MR) is 72.3 cm³/mol. The van der Waals surface area contributed by atoms with E-state index in [4.69, 9.17) is 0 Å². The summed E-state index contributed by atoms with van der Waals surface area (Å²) in [5.74, 6) is 0.373. The summed E-state index contributed by atoms with van der Waals surface area (Å²) >= 11 is 0. The zero-order chi connectivity index (χ0) is 14.1. The van der Waals surface area contributed by atoms with Crippen LogP contribution in [-0.4, -0.2) is 52.8 Å². The number of rotatable bonds is 2. The van der Waals surface area contributed by atoms with Gasteiger partial charge in [-0.2, -0.15) is 0 Å². The first-order valence-electron chi connectivity index (χ1n) is 6.92. The number of carbonyl (C=O) groups excluding carboxylic acids is 2. The maximum atomic E-state index is 12.2. The number of nitrogens with one attached hydrogen (secondary N) is 1. The van der Waals surface area contributed by atoms with Gasteiger partial charge in [0.15, 0.2) is 0 Å². The van der Waals surface area contributed by atoms with Crippen LogP contribution >= 0.6 is 0 Å². The van der Waals surface area contributed by atoms with Crippen molar-refractivity contribution in [2.75, 3.05) is 26.2 Å². The molecule has 2 heterocycles. The Kier molecular flexibility index (Phi) is 3.30. The Morgan fingerprint density at radius 2 is 1.70 bits per heavy atom. The number of piperazine rings is 1. The summed E-state index contributed by atoms with van der Waals surface area (Å²) in [6.07, 6.45) is 3.46. The van der Waals surface area contributed by atoms with Crippen molar-refractivity contribution in [1.29, 1.82) is 0 Å². The fraction of sp³-hybridized carbons (Fsp3) is 0.500. The highest BCUT2D eigenvalue weighted by Gasteiger charge is 2.35. The van der Waals surface area contributed by atoms with Crippen molar-refractivity contribution < 1.29 is 9.59 Å². The second-order valence-corrected chi connectivity index (χ2v) is 5.33. The lowest BCUT2D eigenvalue weighted by atomic mass is 10.2. The number of pyridine rings is 1. The van der Waals surface area contributed by atoms with Crippen molar-refractivity contribution >= 4 is 11.8 Å². The topological polar surface area (TPSA) is 73.5 Å². The predicted octanol–water partition coefficient (Wildman–Crippen LogP) is 0.0693. The Labute approximate surface area is 116 Å². The molecule has 1 aliphatic carbocycles. The molecule has 1 aromatic rings. The van der Waals surface area contributed by atoms with Crippen molar-refractivity contribution in [3.63, 3.8) is 0 Å². The Morgan fingerprint density at radius 3 is 2.25 bits per heavy atom. The summed E-state index contributed by atoms with van der Waals surface area (Å²) in [5, 5.41) is 0. The molecule has 1 saturated heterocycles. The highest BCUT2D eigenvalue weighted by Crippen LogP contribution is 2.31. The van der Waals surface area contributed by atoms with Gasteiger partial charge in [0.25, 0.3) is 5.91 Å². The molecular formula is C14H17N3O3. The lowest BCUT2D eigenvalue weighted by molar-refractivity contribution is -0.134. The molecule has 0 aromatic carbocycles. The van der Waals surface area contributed by atoms with E-state index >= 15 is 0 Å². The van der Waals surface area contributed by atoms with Crippen molar-refractivity contribution in [1.82, 2.24) is 14.8 Å². The quantitative estimate of drug-likeness (QED) is 0.830. The Hall–Kier alpha value is -2.11. The van der Waals surface area contributed by atoms with Crippen LogP contribution in [0.3, 0.4) is 0 Å². The smallest absolute Gasteiger partial charge is 0.255 e. The van der Waals surface area contributed by atoms with Gasteiger partial charge >= 0.3 is 0 Å². The normalized spacial score (nSPS) is 19.0. The molecular weight excluding hydrogens is 258 g/mol. The molecule has 2 amide bonds. The standard InChI is InChI=1S/C14H17N3O3/c18-12-4-3-11(9-15-12)14(20)17-7-5-16(6-8-17)13(19)10-1-2-10/h3-4,9-10H,1-2,5-8H2,(H,15,18). The number of aromatic amines is 1. The average Bonchev–Trinajstić information content (AvgIpc) is 3.31. The number of H-pyrrole nitrogens is 1. The third kappa shape index (κ3) is 2.59. The molecule has 0 spiro atoms. The Bertz CT molecular complexity index is 563. The molecule has 1 aromatic heterocycles. The largest absolute Gasteiger partial charge is 0.339 e. The zero-order valence-corrected chi connectivity index (χ0v) is 11.2. The molecule has 1 saturated carbocycles. The number of aromatic nitrogens is 1. The van der Waals surface area contributed by atoms with Gasteiger partial charge in [-0.1, -0.05) is 0 Å². The summed E-state index contributed by atoms with van der Waals surface area (Å²) in [7, 11) is 0. The second-order valence-electron chi connectivity index (χ2n) is 5.33. The summed E-state index contributed by atoms with van der Waals surface area (Å²) in [5.41, 5.74) is 0.257. The third-order valence-corrected chi connectivity index (χ3v) is 3.84. The number of nitrogens with zero attached hydrogens (tertiary/aromatic N) is 2. The van der Waals surface area contributed by atoms with Crippen LogP contribution in [-0.2, 0) is 4.79 Å². The van der Waals surface area contributed by atoms with Crippen LogP contribution in [0.4, 0.5) is 0 Å². The van der Waals surface area contributed by atoms with Gasteiger partial charge in [0.1, 0.15) is 0 Å². The van der Waals surface area contributed by atoms with E-state index in [1.165, 1.54) is 18.3 Å². The van der Waals surface area contributed by atoms with E-state index in [0.717, 1.165) is 12.8 Å². The average molecular weight is 275 g/mol. The highest BCUT2D eigenvalue weighted by molar-refractivity contribution is 5.94. The first-order valence-corrected chi connectivity index (χ1v) is 6.92. The Morgan fingerprint density at radius 1 is 1.05 bits per heavy atom. The van der Waals surface area contributed by atoms with Crippen LogP contribution in [0.25, 0.3) is 0 Å². The van der Waals surface area contributed by atoms with Crippen LogP contribution in [0.2, 0.25) is 0 Å². The van der Waals surface area contributed by atoms with Gasteiger partial charge in [0.05, 0.1) is 5.56 Å². The molecule has 1 aliphatic heterocycles. The maximum Gasteiger partial charge on any atom is 0.255 e. The molecule has 106 valence electrons. The van der Waals surface area contributed by atoms with E-state index in [-0.39, 0.29) is 23.3 Å². The van der Waals surface area contributed by atoms with Crippen LogP contribution in [0.5, 0.6) is 0 Å². The molecule has 6 nitrogen and oxygen atoms in total. The van der Waals surface area contributed by atoms with Gasteiger partial charge in [-0.3, -0.25) is 14.4 Å². The fourth-order valence-electron chi connectivity index (χ4n) is 2.44. The SMILES string of the molecule is O=C(c1ccc(=O)[nH]c1)N1CCN(C(=O)C2CC2)CC1. The van der Waals surface area contributed by atoms with Crippen molar-refractivity contribution in [3.8, 4) is 0 Å². The number of carbonyl (C=O) groups is 2. The molecule has 0 unspecified atom stereocenters. The molecule has 0 radical (unpaired) electrons. The maximum absolute atomic E-state index is 12.2. The van der Waals surface area contributed by atoms with Crippen LogP contribution < -0.4 is 5.56 Å². The number of hydrogen-bond donors (Lipinski definition) is 1. The molecule has 20 heavy (non-hydrogen) atoms. The molecule has 2 aliphatic rings. The van der Waals surface area contributed by atoms with E-state index < -0.39 is 0 Å². The number of amides is 2. The van der Waals surface area contributed by atoms with Crippen molar-refractivity contribution in [2.45, 2.75) is 12.8 Å². The first kappa shape index (κ1) is 12.9. The molecule has 3 rings (SSSR count). The van der Waals surface area contributed by atoms with Gasteiger partial charge in [0.2, 0.25) is 11.5 Å². The van der Waals surface area contributed by atoms with E-state index in [1.54, 1.807) is 4.90 Å². The van der Waals surface area contributed by atoms with E-state index in [1.807, 2.05) is 4.90 Å². The first-order chi connectivity index (χ1) is 9.65. The molecule has 6 heteroatoms. The van der Waals surface area contributed by atoms with Crippen molar-refractivity contribution in [2.24, 2.45) is 5.92 Å². The summed E-state index contributed by atoms with van der Waals surface area (Å²) in [6, 6.07) is 2.88. The fourth-order valence-corrected chi connectivity index (χ4v) is 2.44. The number of hydrogen-bond acceptors (Lipinski definition) is 3. The van der Waals surface area contributed by atoms with Crippen LogP contribution in [0.1, 0.15) is 23.2 Å². The van der Waals surface area contributed by atoms with Gasteiger partial charge in [-0.05, 0) is 18.9 Å². The minimum atomic E-state index is -0.221. The lowest BCUT2D eigenvalue weighted by Crippen LogP contribution is -2.51. The molecule has 1 N–H and O–H groups in total. The highest BCUT2D eigenvalue weighted by atomic mass is 16.2. The monoisotopic (exact) mass is 275 g/mol. The van der Waals surface area contributed by atoms with Gasteiger partial charge in [-0.25, -0.2) is 0 Å². The third-order valence-electron chi connectivity index (χ3n) is 3.84. The van der Waals surface area contributed by atoms with Gasteiger partial charge < -0.3 is 14.8 Å². The zero-order valence-electron chi connectivity index (χ0n) is 11.2. The summed E-state index contributed by atoms with van der Waals surface area (Å²) in [4.78, 5) is 41.2. The van der Waals surface area contributed by atoms with Gasteiger partial charge in [0, 0.05) is 44.4 Å². The lowest BCUT2D eigenvalue weighted by Gasteiger charge is -2.34. The second kappa shape index (κ2) is 5.11. The summed E-state index contributed by atoms with van der Waals surface area (Å²) in [6.45, 7) is 2.31.